The molecule has 2 aromatic carbocycles. The first-order chi connectivity index (χ1) is 15.0. The SMILES string of the molecule is [C-]#[N+]c1ccc(CCN2CCN(C(=O)Cc3ccc4c(c3C)COC4=C)CC2)cc1F. The summed E-state index contributed by atoms with van der Waals surface area (Å²) in [6.45, 7) is 17.3. The molecule has 2 aliphatic rings. The van der Waals surface area contributed by atoms with Gasteiger partial charge in [-0.2, -0.15) is 0 Å². The summed E-state index contributed by atoms with van der Waals surface area (Å²) in [7, 11) is 0. The maximum absolute atomic E-state index is 13.8. The Morgan fingerprint density at radius 2 is 2.00 bits per heavy atom. The lowest BCUT2D eigenvalue weighted by Crippen LogP contribution is -2.49. The zero-order chi connectivity index (χ0) is 22.0. The van der Waals surface area contributed by atoms with Crippen molar-refractivity contribution in [1.82, 2.24) is 9.80 Å². The number of rotatable bonds is 5. The average molecular weight is 420 g/mol. The molecule has 1 amide bonds. The Balaban J connectivity index is 1.28. The van der Waals surface area contributed by atoms with E-state index in [1.54, 1.807) is 0 Å². The summed E-state index contributed by atoms with van der Waals surface area (Å²) in [5.41, 5.74) is 5.31. The molecule has 0 bridgehead atoms. The molecule has 1 fully saturated rings. The zero-order valence-electron chi connectivity index (χ0n) is 17.8. The fourth-order valence-electron chi connectivity index (χ4n) is 4.26. The summed E-state index contributed by atoms with van der Waals surface area (Å²) in [6.07, 6.45) is 1.13. The molecule has 6 heteroatoms. The molecule has 0 atom stereocenters. The van der Waals surface area contributed by atoms with Crippen molar-refractivity contribution >= 4 is 17.4 Å². The Labute approximate surface area is 182 Å². The number of nitrogens with zero attached hydrogens (tertiary/aromatic N) is 3. The van der Waals surface area contributed by atoms with Crippen molar-refractivity contribution in [3.05, 3.63) is 82.0 Å². The monoisotopic (exact) mass is 419 g/mol. The van der Waals surface area contributed by atoms with Gasteiger partial charge >= 0.3 is 0 Å². The first-order valence-electron chi connectivity index (χ1n) is 10.6. The van der Waals surface area contributed by atoms with Crippen molar-refractivity contribution in [3.8, 4) is 0 Å². The Morgan fingerprint density at radius 3 is 2.71 bits per heavy atom. The predicted molar refractivity (Wildman–Crippen MR) is 118 cm³/mol. The largest absolute Gasteiger partial charge is 0.489 e. The highest BCUT2D eigenvalue weighted by Gasteiger charge is 2.24. The highest BCUT2D eigenvalue weighted by molar-refractivity contribution is 5.80. The third-order valence-corrected chi connectivity index (χ3v) is 6.32. The fraction of sp³-hybridized carbons (Fsp3) is 0.360. The van der Waals surface area contributed by atoms with Crippen LogP contribution in [-0.4, -0.2) is 48.4 Å². The van der Waals surface area contributed by atoms with E-state index in [1.165, 1.54) is 12.1 Å². The minimum absolute atomic E-state index is 0.0620. The van der Waals surface area contributed by atoms with E-state index in [9.17, 15) is 9.18 Å². The van der Waals surface area contributed by atoms with Crippen LogP contribution in [0.3, 0.4) is 0 Å². The molecule has 5 nitrogen and oxygen atoms in total. The van der Waals surface area contributed by atoms with Crippen LogP contribution in [0.5, 0.6) is 0 Å². The van der Waals surface area contributed by atoms with Crippen molar-refractivity contribution in [2.24, 2.45) is 0 Å². The first kappa shape index (κ1) is 21.1. The number of ether oxygens (including phenoxy) is 1. The molecule has 2 aromatic rings. The first-order valence-corrected chi connectivity index (χ1v) is 10.6. The molecule has 160 valence electrons. The van der Waals surface area contributed by atoms with E-state index in [1.807, 2.05) is 23.1 Å². The van der Waals surface area contributed by atoms with Crippen LogP contribution in [0.4, 0.5) is 10.1 Å². The van der Waals surface area contributed by atoms with Crippen LogP contribution in [0.15, 0.2) is 36.9 Å². The second-order valence-corrected chi connectivity index (χ2v) is 8.13. The number of benzene rings is 2. The van der Waals surface area contributed by atoms with Crippen molar-refractivity contribution in [1.29, 1.82) is 0 Å². The normalized spacial score (nSPS) is 16.0. The number of amides is 1. The van der Waals surface area contributed by atoms with Crippen LogP contribution in [0.25, 0.3) is 10.6 Å². The van der Waals surface area contributed by atoms with Gasteiger partial charge in [0.25, 0.3) is 0 Å². The average Bonchev–Trinajstić information content (AvgIpc) is 3.16. The molecule has 0 aliphatic carbocycles. The molecule has 1 saturated heterocycles. The fourth-order valence-corrected chi connectivity index (χ4v) is 4.26. The third-order valence-electron chi connectivity index (χ3n) is 6.32. The standard InChI is InChI=1S/C25H26FN3O2/c1-17-20(5-6-21-18(2)31-16-22(17)21)15-25(30)29-12-10-28(11-13-29)9-8-19-4-7-24(27-3)23(26)14-19/h4-7,14H,2,8-13,15-16H2,1H3. The molecule has 0 aromatic heterocycles. The Kier molecular flexibility index (Phi) is 6.06. The van der Waals surface area contributed by atoms with E-state index in [4.69, 9.17) is 11.3 Å². The van der Waals surface area contributed by atoms with E-state index in [-0.39, 0.29) is 11.6 Å². The summed E-state index contributed by atoms with van der Waals surface area (Å²) >= 11 is 0. The van der Waals surface area contributed by atoms with Gasteiger partial charge in [0, 0.05) is 43.9 Å². The second kappa shape index (κ2) is 8.91. The summed E-state index contributed by atoms with van der Waals surface area (Å²) in [5.74, 6) is 0.398. The highest BCUT2D eigenvalue weighted by Crippen LogP contribution is 2.32. The molecule has 0 radical (unpaired) electrons. The molecule has 2 heterocycles. The molecule has 31 heavy (non-hydrogen) atoms. The Hall–Kier alpha value is -3.17. The number of carbonyl (C=O) groups excluding carboxylic acids is 1. The van der Waals surface area contributed by atoms with Gasteiger partial charge in [0.2, 0.25) is 11.6 Å². The van der Waals surface area contributed by atoms with E-state index >= 15 is 0 Å². The molecule has 0 saturated carbocycles. The lowest BCUT2D eigenvalue weighted by Gasteiger charge is -2.35. The van der Waals surface area contributed by atoms with Gasteiger partial charge in [-0.25, -0.2) is 9.24 Å². The zero-order valence-corrected chi connectivity index (χ0v) is 17.8. The van der Waals surface area contributed by atoms with Crippen molar-refractivity contribution in [2.45, 2.75) is 26.4 Å². The van der Waals surface area contributed by atoms with E-state index in [0.717, 1.165) is 53.9 Å². The topological polar surface area (TPSA) is 37.1 Å². The van der Waals surface area contributed by atoms with Crippen molar-refractivity contribution < 1.29 is 13.9 Å². The van der Waals surface area contributed by atoms with Gasteiger partial charge in [0.1, 0.15) is 18.2 Å². The number of halogens is 1. The lowest BCUT2D eigenvalue weighted by atomic mass is 9.96. The minimum atomic E-state index is -0.458. The van der Waals surface area contributed by atoms with Gasteiger partial charge in [-0.3, -0.25) is 9.69 Å². The quantitative estimate of drug-likeness (QED) is 0.685. The molecule has 4 rings (SSSR count). The predicted octanol–water partition coefficient (Wildman–Crippen LogP) is 4.12. The summed E-state index contributed by atoms with van der Waals surface area (Å²) in [5, 5.41) is 0. The van der Waals surface area contributed by atoms with Crippen LogP contribution in [0, 0.1) is 19.3 Å². The Bertz CT molecular complexity index is 1070. The number of carbonyl (C=O) groups is 1. The summed E-state index contributed by atoms with van der Waals surface area (Å²) in [4.78, 5) is 20.3. The molecular weight excluding hydrogens is 393 g/mol. The van der Waals surface area contributed by atoms with Gasteiger partial charge in [0.15, 0.2) is 0 Å². The number of fused-ring (bicyclic) bond motifs is 1. The number of piperazine rings is 1. The van der Waals surface area contributed by atoms with Crippen molar-refractivity contribution in [3.63, 3.8) is 0 Å². The van der Waals surface area contributed by atoms with Crippen molar-refractivity contribution in [2.75, 3.05) is 32.7 Å². The second-order valence-electron chi connectivity index (χ2n) is 8.13. The van der Waals surface area contributed by atoms with Crippen LogP contribution < -0.4 is 0 Å². The van der Waals surface area contributed by atoms with Crippen LogP contribution in [-0.2, 0) is 29.0 Å². The molecular formula is C25H26FN3O2. The summed E-state index contributed by atoms with van der Waals surface area (Å²) < 4.78 is 19.3. The molecule has 0 spiro atoms. The van der Waals surface area contributed by atoms with Gasteiger partial charge in [-0.1, -0.05) is 30.8 Å². The molecule has 2 aliphatic heterocycles. The molecule has 0 N–H and O–H groups in total. The Morgan fingerprint density at radius 1 is 1.23 bits per heavy atom. The summed E-state index contributed by atoms with van der Waals surface area (Å²) in [6, 6.07) is 8.82. The van der Waals surface area contributed by atoms with Gasteiger partial charge in [0.05, 0.1) is 13.0 Å². The van der Waals surface area contributed by atoms with Crippen LogP contribution >= 0.6 is 0 Å². The van der Waals surface area contributed by atoms with Gasteiger partial charge in [-0.15, -0.1) is 0 Å². The minimum Gasteiger partial charge on any atom is -0.489 e. The lowest BCUT2D eigenvalue weighted by molar-refractivity contribution is -0.132. The van der Waals surface area contributed by atoms with Crippen LogP contribution in [0.2, 0.25) is 0 Å². The highest BCUT2D eigenvalue weighted by atomic mass is 19.1. The number of hydrogen-bond acceptors (Lipinski definition) is 3. The van der Waals surface area contributed by atoms with Gasteiger partial charge in [-0.05, 0) is 36.1 Å². The van der Waals surface area contributed by atoms with E-state index in [0.29, 0.717) is 31.9 Å². The maximum Gasteiger partial charge on any atom is 0.227 e. The number of hydrogen-bond donors (Lipinski definition) is 0. The third kappa shape index (κ3) is 4.47. The van der Waals surface area contributed by atoms with E-state index in [2.05, 4.69) is 23.2 Å². The maximum atomic E-state index is 13.8. The van der Waals surface area contributed by atoms with E-state index < -0.39 is 5.82 Å². The van der Waals surface area contributed by atoms with Gasteiger partial charge < -0.3 is 9.64 Å². The molecule has 0 unspecified atom stereocenters. The van der Waals surface area contributed by atoms with Crippen LogP contribution in [0.1, 0.15) is 27.8 Å². The smallest absolute Gasteiger partial charge is 0.227 e.